The van der Waals surface area contributed by atoms with Crippen molar-refractivity contribution in [2.24, 2.45) is 0 Å². The van der Waals surface area contributed by atoms with E-state index in [4.69, 9.17) is 5.11 Å². The third-order valence-corrected chi connectivity index (χ3v) is 2.45. The Bertz CT molecular complexity index is 497. The predicted molar refractivity (Wildman–Crippen MR) is 56.6 cm³/mol. The molecule has 0 radical (unpaired) electrons. The molecule has 2 heterocycles. The summed E-state index contributed by atoms with van der Waals surface area (Å²) in [6.45, 7) is 0.736. The first kappa shape index (κ1) is 12.0. The summed E-state index contributed by atoms with van der Waals surface area (Å²) >= 11 is 0. The molecule has 1 aliphatic rings. The van der Waals surface area contributed by atoms with Gasteiger partial charge < -0.3 is 15.3 Å². The standard InChI is InChI=1S/C9H11N5O4/c15-7-4-13(2-1-10-7)8(16)5-14-3-6(9(17)18)11-12-14/h3H,1-2,4-5H2,(H,10,15)(H,17,18). The summed E-state index contributed by atoms with van der Waals surface area (Å²) in [5.41, 5.74) is -0.223. The molecule has 0 spiro atoms. The van der Waals surface area contributed by atoms with E-state index in [9.17, 15) is 14.4 Å². The first-order valence-electron chi connectivity index (χ1n) is 5.24. The van der Waals surface area contributed by atoms with Gasteiger partial charge in [-0.15, -0.1) is 5.10 Å². The first-order chi connectivity index (χ1) is 8.56. The van der Waals surface area contributed by atoms with Gasteiger partial charge in [0.15, 0.2) is 5.69 Å². The number of carbonyl (C=O) groups is 3. The zero-order valence-electron chi connectivity index (χ0n) is 9.37. The minimum Gasteiger partial charge on any atom is -0.476 e. The Hall–Kier alpha value is -2.45. The zero-order valence-corrected chi connectivity index (χ0v) is 9.37. The van der Waals surface area contributed by atoms with Crippen LogP contribution in [-0.4, -0.2) is 62.4 Å². The number of carbonyl (C=O) groups excluding carboxylic acids is 2. The van der Waals surface area contributed by atoms with Crippen LogP contribution in [-0.2, 0) is 16.1 Å². The number of carboxylic acid groups (broad SMARTS) is 1. The predicted octanol–water partition coefficient (Wildman–Crippen LogP) is -2.07. The second-order valence-corrected chi connectivity index (χ2v) is 3.77. The molecule has 18 heavy (non-hydrogen) atoms. The molecule has 0 aromatic carbocycles. The van der Waals surface area contributed by atoms with Crippen molar-refractivity contribution >= 4 is 17.8 Å². The van der Waals surface area contributed by atoms with Gasteiger partial charge in [-0.2, -0.15) is 0 Å². The van der Waals surface area contributed by atoms with E-state index >= 15 is 0 Å². The maximum Gasteiger partial charge on any atom is 0.358 e. The Kier molecular flexibility index (Phi) is 3.22. The molecule has 0 bridgehead atoms. The number of carboxylic acids is 1. The van der Waals surface area contributed by atoms with Crippen molar-refractivity contribution in [1.82, 2.24) is 25.2 Å². The van der Waals surface area contributed by atoms with E-state index in [-0.39, 0.29) is 30.6 Å². The van der Waals surface area contributed by atoms with E-state index in [1.165, 1.54) is 11.1 Å². The number of aromatic carboxylic acids is 1. The molecule has 2 amide bonds. The molecule has 0 aliphatic carbocycles. The lowest BCUT2D eigenvalue weighted by Crippen LogP contribution is -2.50. The van der Waals surface area contributed by atoms with Gasteiger partial charge in [-0.05, 0) is 0 Å². The van der Waals surface area contributed by atoms with E-state index in [0.717, 1.165) is 4.68 Å². The minimum absolute atomic E-state index is 0.0132. The highest BCUT2D eigenvalue weighted by Crippen LogP contribution is 1.98. The lowest BCUT2D eigenvalue weighted by Gasteiger charge is -2.26. The number of hydrogen-bond donors (Lipinski definition) is 2. The molecular weight excluding hydrogens is 242 g/mol. The molecule has 2 N–H and O–H groups in total. The molecule has 0 atom stereocenters. The van der Waals surface area contributed by atoms with E-state index < -0.39 is 5.97 Å². The van der Waals surface area contributed by atoms with Gasteiger partial charge in [0, 0.05) is 13.1 Å². The van der Waals surface area contributed by atoms with E-state index in [2.05, 4.69) is 15.6 Å². The molecule has 0 unspecified atom stereocenters. The number of nitrogens with zero attached hydrogens (tertiary/aromatic N) is 4. The van der Waals surface area contributed by atoms with Crippen molar-refractivity contribution in [3.05, 3.63) is 11.9 Å². The summed E-state index contributed by atoms with van der Waals surface area (Å²) in [7, 11) is 0. The van der Waals surface area contributed by atoms with Crippen LogP contribution >= 0.6 is 0 Å². The van der Waals surface area contributed by atoms with Crippen molar-refractivity contribution < 1.29 is 19.5 Å². The number of rotatable bonds is 3. The van der Waals surface area contributed by atoms with E-state index in [1.807, 2.05) is 0 Å². The van der Waals surface area contributed by atoms with Gasteiger partial charge in [0.05, 0.1) is 12.7 Å². The maximum absolute atomic E-state index is 11.8. The molecule has 2 rings (SSSR count). The van der Waals surface area contributed by atoms with Crippen LogP contribution in [0.25, 0.3) is 0 Å². The first-order valence-corrected chi connectivity index (χ1v) is 5.24. The smallest absolute Gasteiger partial charge is 0.358 e. The Morgan fingerprint density at radius 1 is 1.50 bits per heavy atom. The average molecular weight is 253 g/mol. The number of aromatic nitrogens is 3. The third-order valence-electron chi connectivity index (χ3n) is 2.45. The van der Waals surface area contributed by atoms with Gasteiger partial charge in [-0.1, -0.05) is 5.21 Å². The number of hydrogen-bond acceptors (Lipinski definition) is 5. The lowest BCUT2D eigenvalue weighted by atomic mass is 10.3. The normalized spacial score (nSPS) is 15.3. The van der Waals surface area contributed by atoms with Crippen LogP contribution in [0.2, 0.25) is 0 Å². The molecule has 1 fully saturated rings. The Morgan fingerprint density at radius 3 is 2.89 bits per heavy atom. The Morgan fingerprint density at radius 2 is 2.28 bits per heavy atom. The zero-order chi connectivity index (χ0) is 13.1. The van der Waals surface area contributed by atoms with Crippen LogP contribution in [0.15, 0.2) is 6.20 Å². The summed E-state index contributed by atoms with van der Waals surface area (Å²) in [5.74, 6) is -1.71. The Balaban J connectivity index is 1.97. The van der Waals surface area contributed by atoms with E-state index in [1.54, 1.807) is 0 Å². The van der Waals surface area contributed by atoms with Gasteiger partial charge >= 0.3 is 5.97 Å². The van der Waals surface area contributed by atoms with E-state index in [0.29, 0.717) is 13.1 Å². The average Bonchev–Trinajstić information content (AvgIpc) is 2.77. The van der Waals surface area contributed by atoms with Crippen molar-refractivity contribution in [2.45, 2.75) is 6.54 Å². The fraction of sp³-hybridized carbons (Fsp3) is 0.444. The van der Waals surface area contributed by atoms with Crippen molar-refractivity contribution in [2.75, 3.05) is 19.6 Å². The fourth-order valence-corrected chi connectivity index (χ4v) is 1.56. The van der Waals surface area contributed by atoms with Gasteiger partial charge in [0.1, 0.15) is 6.54 Å². The Labute approximate surface area is 101 Å². The highest BCUT2D eigenvalue weighted by atomic mass is 16.4. The van der Waals surface area contributed by atoms with Crippen molar-refractivity contribution in [3.8, 4) is 0 Å². The summed E-state index contributed by atoms with van der Waals surface area (Å²) < 4.78 is 1.14. The van der Waals surface area contributed by atoms with Crippen molar-refractivity contribution in [3.63, 3.8) is 0 Å². The molecule has 96 valence electrons. The van der Waals surface area contributed by atoms with Gasteiger partial charge in [0.2, 0.25) is 11.8 Å². The molecule has 1 aromatic rings. The minimum atomic E-state index is -1.20. The fourth-order valence-electron chi connectivity index (χ4n) is 1.56. The monoisotopic (exact) mass is 253 g/mol. The summed E-state index contributed by atoms with van der Waals surface area (Å²) in [6, 6.07) is 0. The highest BCUT2D eigenvalue weighted by Gasteiger charge is 2.21. The third kappa shape index (κ3) is 2.62. The second kappa shape index (κ2) is 4.82. The van der Waals surface area contributed by atoms with Gasteiger partial charge in [-0.25, -0.2) is 9.48 Å². The lowest BCUT2D eigenvalue weighted by molar-refractivity contribution is -0.138. The number of nitrogens with one attached hydrogen (secondary N) is 1. The van der Waals surface area contributed by atoms with Crippen LogP contribution in [0.1, 0.15) is 10.5 Å². The van der Waals surface area contributed by atoms with Crippen LogP contribution in [0, 0.1) is 0 Å². The quantitative estimate of drug-likeness (QED) is 0.639. The van der Waals surface area contributed by atoms with Gasteiger partial charge in [-0.3, -0.25) is 9.59 Å². The number of piperazine rings is 1. The molecule has 1 saturated heterocycles. The highest BCUT2D eigenvalue weighted by molar-refractivity contribution is 5.86. The van der Waals surface area contributed by atoms with Crippen LogP contribution in [0.3, 0.4) is 0 Å². The van der Waals surface area contributed by atoms with Crippen LogP contribution in [0.4, 0.5) is 0 Å². The summed E-state index contributed by atoms with van der Waals surface area (Å²) in [4.78, 5) is 34.9. The molecule has 9 heteroatoms. The van der Waals surface area contributed by atoms with Crippen LogP contribution in [0.5, 0.6) is 0 Å². The second-order valence-electron chi connectivity index (χ2n) is 3.77. The maximum atomic E-state index is 11.8. The van der Waals surface area contributed by atoms with Crippen LogP contribution < -0.4 is 5.32 Å². The van der Waals surface area contributed by atoms with Gasteiger partial charge in [0.25, 0.3) is 0 Å². The summed E-state index contributed by atoms with van der Waals surface area (Å²) in [6.07, 6.45) is 1.17. The molecule has 1 aromatic heterocycles. The van der Waals surface area contributed by atoms with Crippen molar-refractivity contribution in [1.29, 1.82) is 0 Å². The SMILES string of the molecule is O=C1CN(C(=O)Cn2cc(C(=O)O)nn2)CCN1. The molecule has 9 nitrogen and oxygen atoms in total. The topological polar surface area (TPSA) is 117 Å². The largest absolute Gasteiger partial charge is 0.476 e. The molecule has 0 saturated carbocycles. The number of amides is 2. The molecule has 1 aliphatic heterocycles. The summed E-state index contributed by atoms with van der Waals surface area (Å²) in [5, 5.41) is 18.2. The molecular formula is C9H11N5O4.